The van der Waals surface area contributed by atoms with Gasteiger partial charge in [-0.05, 0) is 13.8 Å². The van der Waals surface area contributed by atoms with Crippen LogP contribution in [0.25, 0.3) is 0 Å². The van der Waals surface area contributed by atoms with Crippen molar-refractivity contribution in [1.82, 2.24) is 4.90 Å². The van der Waals surface area contributed by atoms with Gasteiger partial charge in [-0.25, -0.2) is 0 Å². The number of carbonyl (C=O) groups excluding carboxylic acids is 1. The first kappa shape index (κ1) is 14.2. The summed E-state index contributed by atoms with van der Waals surface area (Å²) >= 11 is 0. The molecule has 0 spiro atoms. The maximum atomic E-state index is 12.1. The molecule has 2 N–H and O–H groups in total. The first-order chi connectivity index (χ1) is 7.63. The number of amides is 1. The highest BCUT2D eigenvalue weighted by molar-refractivity contribution is 5.77. The van der Waals surface area contributed by atoms with Gasteiger partial charge in [0.1, 0.15) is 6.42 Å². The van der Waals surface area contributed by atoms with Crippen LogP contribution in [0.1, 0.15) is 20.3 Å². The lowest BCUT2D eigenvalue weighted by molar-refractivity contribution is -0.177. The largest absolute Gasteiger partial charge is 0.397 e. The van der Waals surface area contributed by atoms with Crippen molar-refractivity contribution in [3.8, 4) is 0 Å². The minimum atomic E-state index is -4.47. The Balaban J connectivity index is 2.67. The Kier molecular flexibility index (Phi) is 4.03. The highest BCUT2D eigenvalue weighted by Crippen LogP contribution is 2.25. The maximum Gasteiger partial charge on any atom is 0.397 e. The summed E-state index contributed by atoms with van der Waals surface area (Å²) in [6.07, 6.45) is -6.31. The molecule has 0 saturated carbocycles. The summed E-state index contributed by atoms with van der Waals surface area (Å²) in [5.41, 5.74) is 4.77. The second-order valence-corrected chi connectivity index (χ2v) is 4.80. The lowest BCUT2D eigenvalue weighted by atomic mass is 10.0. The number of carbonyl (C=O) groups is 1. The van der Waals surface area contributed by atoms with Crippen molar-refractivity contribution in [3.63, 3.8) is 0 Å². The quantitative estimate of drug-likeness (QED) is 0.796. The van der Waals surface area contributed by atoms with Crippen molar-refractivity contribution in [2.75, 3.05) is 19.6 Å². The number of morpholine rings is 1. The van der Waals surface area contributed by atoms with Crippen LogP contribution in [0.5, 0.6) is 0 Å². The van der Waals surface area contributed by atoms with E-state index in [1.807, 2.05) is 0 Å². The van der Waals surface area contributed by atoms with Crippen LogP contribution >= 0.6 is 0 Å². The highest BCUT2D eigenvalue weighted by atomic mass is 19.4. The van der Waals surface area contributed by atoms with E-state index in [0.717, 1.165) is 0 Å². The number of hydrogen-bond acceptors (Lipinski definition) is 3. The summed E-state index contributed by atoms with van der Waals surface area (Å²) < 4.78 is 41.9. The zero-order chi connectivity index (χ0) is 13.3. The summed E-state index contributed by atoms with van der Waals surface area (Å²) in [6.45, 7) is 3.90. The summed E-state index contributed by atoms with van der Waals surface area (Å²) in [7, 11) is 0. The molecule has 100 valence electrons. The third-order valence-corrected chi connectivity index (χ3v) is 2.45. The molecule has 0 aromatic heterocycles. The molecule has 1 unspecified atom stereocenters. The smallest absolute Gasteiger partial charge is 0.367 e. The van der Waals surface area contributed by atoms with E-state index >= 15 is 0 Å². The number of nitrogens with two attached hydrogens (primary N) is 1. The molecular weight excluding hydrogens is 237 g/mol. The number of nitrogens with zero attached hydrogens (tertiary/aromatic N) is 1. The Morgan fingerprint density at radius 3 is 2.59 bits per heavy atom. The van der Waals surface area contributed by atoms with Crippen molar-refractivity contribution in [1.29, 1.82) is 0 Å². The third-order valence-electron chi connectivity index (χ3n) is 2.45. The van der Waals surface area contributed by atoms with E-state index in [9.17, 15) is 18.0 Å². The summed E-state index contributed by atoms with van der Waals surface area (Å²) in [5, 5.41) is 0. The van der Waals surface area contributed by atoms with Crippen LogP contribution < -0.4 is 5.73 Å². The molecule has 0 radical (unpaired) electrons. The van der Waals surface area contributed by atoms with Crippen molar-refractivity contribution >= 4 is 5.91 Å². The molecule has 1 heterocycles. The SMILES string of the molecule is CC1(C)CN(C(=O)CC(F)(F)F)CC(CN)O1. The van der Waals surface area contributed by atoms with Crippen LogP contribution in [0.4, 0.5) is 13.2 Å². The van der Waals surface area contributed by atoms with Crippen LogP contribution in [0.3, 0.4) is 0 Å². The Labute approximate surface area is 97.9 Å². The molecule has 1 rings (SSSR count). The maximum absolute atomic E-state index is 12.1. The molecule has 4 nitrogen and oxygen atoms in total. The van der Waals surface area contributed by atoms with Gasteiger partial charge in [-0.1, -0.05) is 0 Å². The highest BCUT2D eigenvalue weighted by Gasteiger charge is 2.39. The normalized spacial score (nSPS) is 24.8. The van der Waals surface area contributed by atoms with Crippen molar-refractivity contribution in [2.24, 2.45) is 5.73 Å². The van der Waals surface area contributed by atoms with E-state index < -0.39 is 30.2 Å². The molecule has 1 atom stereocenters. The monoisotopic (exact) mass is 254 g/mol. The number of hydrogen-bond donors (Lipinski definition) is 1. The van der Waals surface area contributed by atoms with Gasteiger partial charge in [-0.2, -0.15) is 13.2 Å². The Hall–Kier alpha value is -0.820. The zero-order valence-electron chi connectivity index (χ0n) is 9.88. The molecule has 7 heteroatoms. The van der Waals surface area contributed by atoms with Crippen LogP contribution in [-0.4, -0.2) is 48.3 Å². The second kappa shape index (κ2) is 4.81. The number of ether oxygens (including phenoxy) is 1. The molecule has 1 fully saturated rings. The average Bonchev–Trinajstić information content (AvgIpc) is 2.12. The van der Waals surface area contributed by atoms with Crippen molar-refractivity contribution < 1.29 is 22.7 Å². The van der Waals surface area contributed by atoms with E-state index in [4.69, 9.17) is 10.5 Å². The predicted molar refractivity (Wildman–Crippen MR) is 55.3 cm³/mol. The van der Waals surface area contributed by atoms with E-state index in [1.54, 1.807) is 13.8 Å². The fraction of sp³-hybridized carbons (Fsp3) is 0.900. The molecule has 17 heavy (non-hydrogen) atoms. The van der Waals surface area contributed by atoms with Gasteiger partial charge >= 0.3 is 6.18 Å². The molecule has 1 aliphatic rings. The fourth-order valence-corrected chi connectivity index (χ4v) is 1.89. The van der Waals surface area contributed by atoms with Crippen LogP contribution in [0, 0.1) is 0 Å². The molecule has 1 aliphatic heterocycles. The minimum absolute atomic E-state index is 0.120. The molecule has 0 aliphatic carbocycles. The minimum Gasteiger partial charge on any atom is -0.367 e. The summed E-state index contributed by atoms with van der Waals surface area (Å²) in [4.78, 5) is 12.6. The number of alkyl halides is 3. The molecule has 0 aromatic rings. The Morgan fingerprint density at radius 2 is 2.12 bits per heavy atom. The van der Waals surface area contributed by atoms with E-state index in [2.05, 4.69) is 0 Å². The summed E-state index contributed by atoms with van der Waals surface area (Å²) in [6, 6.07) is 0. The fourth-order valence-electron chi connectivity index (χ4n) is 1.89. The molecule has 1 amide bonds. The van der Waals surface area contributed by atoms with Crippen LogP contribution in [-0.2, 0) is 9.53 Å². The second-order valence-electron chi connectivity index (χ2n) is 4.80. The number of halogens is 3. The summed E-state index contributed by atoms with van der Waals surface area (Å²) in [5.74, 6) is -0.924. The molecule has 0 aromatic carbocycles. The van der Waals surface area contributed by atoms with Gasteiger partial charge in [0.15, 0.2) is 0 Å². The molecule has 1 saturated heterocycles. The van der Waals surface area contributed by atoms with E-state index in [-0.39, 0.29) is 19.6 Å². The average molecular weight is 254 g/mol. The van der Waals surface area contributed by atoms with Gasteiger partial charge in [-0.3, -0.25) is 4.79 Å². The van der Waals surface area contributed by atoms with Crippen molar-refractivity contribution in [2.45, 2.75) is 38.1 Å². The Bertz CT molecular complexity index is 292. The molecular formula is C10H17F3N2O2. The van der Waals surface area contributed by atoms with Gasteiger partial charge in [0, 0.05) is 19.6 Å². The van der Waals surface area contributed by atoms with Gasteiger partial charge in [-0.15, -0.1) is 0 Å². The standard InChI is InChI=1S/C10H17F3N2O2/c1-9(2)6-15(5-7(4-14)17-9)8(16)3-10(11,12)13/h7H,3-6,14H2,1-2H3. The van der Waals surface area contributed by atoms with E-state index in [1.165, 1.54) is 4.90 Å². The molecule has 0 bridgehead atoms. The lowest BCUT2D eigenvalue weighted by Crippen LogP contribution is -2.56. The third kappa shape index (κ3) is 4.51. The van der Waals surface area contributed by atoms with Gasteiger partial charge in [0.25, 0.3) is 0 Å². The van der Waals surface area contributed by atoms with Gasteiger partial charge in [0.05, 0.1) is 11.7 Å². The van der Waals surface area contributed by atoms with E-state index in [0.29, 0.717) is 0 Å². The van der Waals surface area contributed by atoms with Gasteiger partial charge < -0.3 is 15.4 Å². The van der Waals surface area contributed by atoms with Crippen molar-refractivity contribution in [3.05, 3.63) is 0 Å². The van der Waals surface area contributed by atoms with Crippen LogP contribution in [0.2, 0.25) is 0 Å². The lowest BCUT2D eigenvalue weighted by Gasteiger charge is -2.42. The first-order valence-corrected chi connectivity index (χ1v) is 5.35. The van der Waals surface area contributed by atoms with Gasteiger partial charge in [0.2, 0.25) is 5.91 Å². The van der Waals surface area contributed by atoms with Crippen LogP contribution in [0.15, 0.2) is 0 Å². The zero-order valence-corrected chi connectivity index (χ0v) is 9.88. The number of rotatable bonds is 2. The Morgan fingerprint density at radius 1 is 1.53 bits per heavy atom. The first-order valence-electron chi connectivity index (χ1n) is 5.35. The predicted octanol–water partition coefficient (Wildman–Crippen LogP) is 0.904. The topological polar surface area (TPSA) is 55.6 Å².